The molecule has 0 radical (unpaired) electrons. The van der Waals surface area contributed by atoms with E-state index < -0.39 is 41.1 Å². The summed E-state index contributed by atoms with van der Waals surface area (Å²) >= 11 is 0. The number of nitrogens with zero attached hydrogens (tertiary/aromatic N) is 1. The molecular formula is C34H52F3NO4. The number of fused-ring (bicyclic) bond motifs is 1. The average Bonchev–Trinajstić information content (AvgIpc) is 2.86. The second-order valence-corrected chi connectivity index (χ2v) is 16.3. The molecule has 238 valence electrons. The third-order valence-corrected chi connectivity index (χ3v) is 12.2. The van der Waals surface area contributed by atoms with Gasteiger partial charge >= 0.3 is 12.1 Å². The fourth-order valence-electron chi connectivity index (χ4n) is 8.93. The lowest BCUT2D eigenvalue weighted by Crippen LogP contribution is -2.60. The highest BCUT2D eigenvalue weighted by Crippen LogP contribution is 2.68. The maximum Gasteiger partial charge on any atom is 0.422 e. The maximum absolute atomic E-state index is 13.3. The van der Waals surface area contributed by atoms with Crippen LogP contribution in [0.1, 0.15) is 120 Å². The summed E-state index contributed by atoms with van der Waals surface area (Å²) in [5.74, 6) is -0.966. The number of rotatable bonds is 8. The van der Waals surface area contributed by atoms with Gasteiger partial charge in [-0.3, -0.25) is 9.59 Å². The Hall–Kier alpha value is -1.88. The van der Waals surface area contributed by atoms with E-state index in [9.17, 15) is 33.1 Å². The summed E-state index contributed by atoms with van der Waals surface area (Å²) in [6.45, 7) is 17.0. The molecule has 0 bridgehead atoms. The highest BCUT2D eigenvalue weighted by Gasteiger charge is 2.63. The molecule has 0 spiro atoms. The summed E-state index contributed by atoms with van der Waals surface area (Å²) in [7, 11) is 0. The molecule has 2 saturated carbocycles. The number of Topliss-reactive ketones (excluding diaryl/α,β-unsaturated/α-hetero) is 1. The third-order valence-electron chi connectivity index (χ3n) is 12.2. The number of nitriles is 1. The van der Waals surface area contributed by atoms with E-state index in [2.05, 4.69) is 47.6 Å². The molecule has 3 aliphatic rings. The summed E-state index contributed by atoms with van der Waals surface area (Å²) in [5, 5.41) is 20.6. The van der Waals surface area contributed by atoms with E-state index in [1.165, 1.54) is 0 Å². The van der Waals surface area contributed by atoms with E-state index >= 15 is 0 Å². The van der Waals surface area contributed by atoms with Crippen molar-refractivity contribution in [1.29, 1.82) is 5.26 Å². The van der Waals surface area contributed by atoms with Crippen LogP contribution >= 0.6 is 0 Å². The lowest BCUT2D eigenvalue weighted by Gasteiger charge is -2.64. The van der Waals surface area contributed by atoms with E-state index in [-0.39, 0.29) is 39.4 Å². The van der Waals surface area contributed by atoms with Crippen LogP contribution in [0.25, 0.3) is 0 Å². The zero-order valence-corrected chi connectivity index (χ0v) is 27.1. The van der Waals surface area contributed by atoms with Gasteiger partial charge in [-0.2, -0.15) is 18.4 Å². The molecule has 8 heteroatoms. The first kappa shape index (κ1) is 34.6. The van der Waals surface area contributed by atoms with Crippen LogP contribution in [0.3, 0.4) is 0 Å². The average molecular weight is 596 g/mol. The fourth-order valence-corrected chi connectivity index (χ4v) is 8.93. The van der Waals surface area contributed by atoms with Crippen molar-refractivity contribution >= 4 is 11.8 Å². The first-order valence-electron chi connectivity index (χ1n) is 15.6. The molecule has 0 aromatic heterocycles. The van der Waals surface area contributed by atoms with E-state index in [1.807, 2.05) is 19.9 Å². The van der Waals surface area contributed by atoms with Crippen molar-refractivity contribution in [2.45, 2.75) is 132 Å². The summed E-state index contributed by atoms with van der Waals surface area (Å²) in [6.07, 6.45) is 2.21. The van der Waals surface area contributed by atoms with E-state index in [1.54, 1.807) is 6.92 Å². The van der Waals surface area contributed by atoms with Gasteiger partial charge in [-0.05, 0) is 98.2 Å². The number of aliphatic hydroxyl groups excluding tert-OH is 1. The van der Waals surface area contributed by atoms with Gasteiger partial charge in [-0.25, -0.2) is 0 Å². The quantitative estimate of drug-likeness (QED) is 0.285. The molecule has 3 aliphatic carbocycles. The van der Waals surface area contributed by atoms with Crippen LogP contribution in [0.15, 0.2) is 11.6 Å². The standard InChI is InChI=1S/C34H52F3NO4/c1-22(39)18-25-31(8)19-23(20-38)26(40)30(6,7)24(31)10-11-32(25,9)29(4,5)14-17-33(15-12-28(2,3)13-16-33)27(41)42-21-34(35,36)37/h19,22,24-25,39H,10-18,21H2,1-9H3/t22-,24?,25+,31-,32+/m0/s1. The summed E-state index contributed by atoms with van der Waals surface area (Å²) < 4.78 is 43.9. The van der Waals surface area contributed by atoms with Crippen molar-refractivity contribution in [1.82, 2.24) is 0 Å². The largest absolute Gasteiger partial charge is 0.456 e. The Kier molecular flexibility index (Phi) is 9.26. The predicted octanol–water partition coefficient (Wildman–Crippen LogP) is 8.35. The normalized spacial score (nSPS) is 33.1. The second kappa shape index (κ2) is 11.2. The van der Waals surface area contributed by atoms with Crippen molar-refractivity contribution < 1.29 is 32.6 Å². The highest BCUT2D eigenvalue weighted by atomic mass is 19.4. The minimum Gasteiger partial charge on any atom is -0.456 e. The molecule has 0 aromatic carbocycles. The first-order chi connectivity index (χ1) is 19.0. The minimum absolute atomic E-state index is 0.00788. The minimum atomic E-state index is -4.58. The summed E-state index contributed by atoms with van der Waals surface area (Å²) in [4.78, 5) is 26.6. The lowest BCUT2D eigenvalue weighted by atomic mass is 9.39. The molecule has 3 rings (SSSR count). The number of allylic oxidation sites excluding steroid dienone is 2. The van der Waals surface area contributed by atoms with Gasteiger partial charge in [0.25, 0.3) is 0 Å². The van der Waals surface area contributed by atoms with Crippen molar-refractivity contribution in [3.05, 3.63) is 11.6 Å². The Morgan fingerprint density at radius 1 is 1.10 bits per heavy atom. The summed E-state index contributed by atoms with van der Waals surface area (Å²) in [6, 6.07) is 2.14. The molecule has 42 heavy (non-hydrogen) atoms. The molecule has 0 amide bonds. The lowest BCUT2D eigenvalue weighted by molar-refractivity contribution is -0.197. The van der Waals surface area contributed by atoms with Gasteiger partial charge in [0.2, 0.25) is 0 Å². The second-order valence-electron chi connectivity index (χ2n) is 16.3. The molecule has 5 nitrogen and oxygen atoms in total. The zero-order valence-electron chi connectivity index (χ0n) is 27.1. The van der Waals surface area contributed by atoms with Gasteiger partial charge in [0, 0.05) is 5.41 Å². The number of esters is 1. The Morgan fingerprint density at radius 3 is 2.17 bits per heavy atom. The number of halogens is 3. The molecule has 5 atom stereocenters. The monoisotopic (exact) mass is 595 g/mol. The molecule has 1 N–H and O–H groups in total. The molecule has 0 aromatic rings. The highest BCUT2D eigenvalue weighted by molar-refractivity contribution is 6.04. The molecular weight excluding hydrogens is 543 g/mol. The zero-order chi connectivity index (χ0) is 32.2. The predicted molar refractivity (Wildman–Crippen MR) is 156 cm³/mol. The van der Waals surface area contributed by atoms with Crippen LogP contribution in [0.5, 0.6) is 0 Å². The number of hydrogen-bond donors (Lipinski definition) is 1. The van der Waals surface area contributed by atoms with Gasteiger partial charge in [0.15, 0.2) is 12.4 Å². The maximum atomic E-state index is 13.3. The van der Waals surface area contributed by atoms with Gasteiger partial charge in [-0.1, -0.05) is 61.5 Å². The molecule has 2 fully saturated rings. The Morgan fingerprint density at radius 2 is 1.67 bits per heavy atom. The van der Waals surface area contributed by atoms with Crippen molar-refractivity contribution in [2.75, 3.05) is 6.61 Å². The third kappa shape index (κ3) is 6.33. The van der Waals surface area contributed by atoms with Gasteiger partial charge in [-0.15, -0.1) is 0 Å². The van der Waals surface area contributed by atoms with Crippen LogP contribution in [-0.4, -0.2) is 35.7 Å². The number of ether oxygens (including phenoxy) is 1. The van der Waals surface area contributed by atoms with Crippen molar-refractivity contribution in [2.24, 2.45) is 44.3 Å². The number of carbonyl (C=O) groups excluding carboxylic acids is 2. The number of hydrogen-bond acceptors (Lipinski definition) is 5. The number of carbonyl (C=O) groups is 2. The number of aliphatic hydroxyl groups is 1. The topological polar surface area (TPSA) is 87.4 Å². The molecule has 1 unspecified atom stereocenters. The molecule has 0 heterocycles. The van der Waals surface area contributed by atoms with Crippen molar-refractivity contribution in [3.8, 4) is 6.07 Å². The van der Waals surface area contributed by atoms with E-state index in [4.69, 9.17) is 4.74 Å². The first-order valence-corrected chi connectivity index (χ1v) is 15.6. The van der Waals surface area contributed by atoms with Gasteiger partial charge < -0.3 is 9.84 Å². The smallest absolute Gasteiger partial charge is 0.422 e. The van der Waals surface area contributed by atoms with Crippen LogP contribution in [0.2, 0.25) is 0 Å². The Labute approximate surface area is 250 Å². The van der Waals surface area contributed by atoms with E-state index in [0.29, 0.717) is 32.1 Å². The Bertz CT molecular complexity index is 1120. The van der Waals surface area contributed by atoms with Crippen LogP contribution in [-0.2, 0) is 14.3 Å². The van der Waals surface area contributed by atoms with Crippen LogP contribution in [0, 0.1) is 55.7 Å². The number of ketones is 1. The molecule has 0 saturated heterocycles. The van der Waals surface area contributed by atoms with Crippen LogP contribution < -0.4 is 0 Å². The van der Waals surface area contributed by atoms with Gasteiger partial charge in [0.1, 0.15) is 6.07 Å². The van der Waals surface area contributed by atoms with Gasteiger partial charge in [0.05, 0.1) is 17.1 Å². The van der Waals surface area contributed by atoms with Crippen LogP contribution in [0.4, 0.5) is 13.2 Å². The van der Waals surface area contributed by atoms with E-state index in [0.717, 1.165) is 25.7 Å². The Balaban J connectivity index is 2.00. The molecule has 0 aliphatic heterocycles. The van der Waals surface area contributed by atoms with Crippen molar-refractivity contribution in [3.63, 3.8) is 0 Å². The number of alkyl halides is 3. The summed E-state index contributed by atoms with van der Waals surface area (Å²) in [5.41, 5.74) is -2.76. The SMILES string of the molecule is C[C@H](O)C[C@@H]1[C@@]2(C)C=C(C#N)C(=O)C(C)(C)C2CC[C@@]1(C)C(C)(C)CCC1(C(=O)OCC(F)(F)F)CCC(C)(C)CC1. The fraction of sp³-hybridized carbons (Fsp3) is 0.853.